The average Bonchev–Trinajstić information content (AvgIpc) is 3.05. The molecule has 46 heavy (non-hydrogen) atoms. The van der Waals surface area contributed by atoms with Gasteiger partial charge in [-0.15, -0.1) is 0 Å². The zero-order valence-electron chi connectivity index (χ0n) is 25.9. The van der Waals surface area contributed by atoms with E-state index in [0.717, 1.165) is 25.5 Å². The Labute approximate surface area is 266 Å². The van der Waals surface area contributed by atoms with Gasteiger partial charge in [0.2, 0.25) is 27.8 Å². The summed E-state index contributed by atoms with van der Waals surface area (Å²) in [5.41, 5.74) is 3.72. The number of hydroxylamine groups is 1. The van der Waals surface area contributed by atoms with Crippen LogP contribution >= 0.6 is 0 Å². The molecular formula is C30H39FN6O8S. The number of aromatic nitrogens is 3. The zero-order valence-corrected chi connectivity index (χ0v) is 26.7. The number of amides is 1. The first kappa shape index (κ1) is 33.5. The van der Waals surface area contributed by atoms with Crippen LogP contribution in [-0.4, -0.2) is 88.4 Å². The number of hydrogen-bond acceptors (Lipinski definition) is 12. The molecule has 16 heteroatoms. The number of methoxy groups -OCH3 is 1. The van der Waals surface area contributed by atoms with Crippen LogP contribution in [0.2, 0.25) is 0 Å². The number of unbranched alkanes of at least 4 members (excludes halogenated alkanes) is 2. The fourth-order valence-electron chi connectivity index (χ4n) is 5.14. The van der Waals surface area contributed by atoms with Gasteiger partial charge in [0.1, 0.15) is 22.8 Å². The Kier molecular flexibility index (Phi) is 11.4. The zero-order chi connectivity index (χ0) is 32.5. The van der Waals surface area contributed by atoms with Crippen molar-refractivity contribution < 1.29 is 41.4 Å². The van der Waals surface area contributed by atoms with E-state index in [1.54, 1.807) is 0 Å². The second-order valence-electron chi connectivity index (χ2n) is 11.0. The molecule has 1 atom stereocenters. The Morgan fingerprint density at radius 1 is 1.11 bits per heavy atom. The van der Waals surface area contributed by atoms with Crippen molar-refractivity contribution in [2.45, 2.75) is 51.2 Å². The van der Waals surface area contributed by atoms with Crippen LogP contribution in [0.3, 0.4) is 0 Å². The van der Waals surface area contributed by atoms with Crippen molar-refractivity contribution in [3.8, 4) is 22.9 Å². The van der Waals surface area contributed by atoms with Crippen molar-refractivity contribution in [2.75, 3.05) is 62.5 Å². The van der Waals surface area contributed by atoms with Gasteiger partial charge in [-0.3, -0.25) is 9.52 Å². The largest absolute Gasteiger partial charge is 0.491 e. The van der Waals surface area contributed by atoms with E-state index in [4.69, 9.17) is 33.8 Å². The van der Waals surface area contributed by atoms with Crippen molar-refractivity contribution in [1.82, 2.24) is 20.4 Å². The lowest BCUT2D eigenvalue weighted by molar-refractivity contribution is -0.200. The lowest BCUT2D eigenvalue weighted by Crippen LogP contribution is -2.37. The number of nitrogens with zero attached hydrogens (tertiary/aromatic N) is 4. The summed E-state index contributed by atoms with van der Waals surface area (Å²) in [4.78, 5) is 33.2. The average molecular weight is 663 g/mol. The Morgan fingerprint density at radius 3 is 2.67 bits per heavy atom. The molecule has 0 spiro atoms. The monoisotopic (exact) mass is 662 g/mol. The van der Waals surface area contributed by atoms with Gasteiger partial charge in [-0.05, 0) is 44.2 Å². The molecular weight excluding hydrogens is 623 g/mol. The van der Waals surface area contributed by atoms with Gasteiger partial charge in [-0.1, -0.05) is 0 Å². The van der Waals surface area contributed by atoms with Gasteiger partial charge in [0, 0.05) is 55.8 Å². The van der Waals surface area contributed by atoms with Crippen molar-refractivity contribution in [3.63, 3.8) is 0 Å². The molecule has 3 aromatic rings. The molecule has 0 aliphatic carbocycles. The van der Waals surface area contributed by atoms with E-state index in [2.05, 4.69) is 15.2 Å². The van der Waals surface area contributed by atoms with Gasteiger partial charge in [0.05, 0.1) is 38.9 Å². The van der Waals surface area contributed by atoms with Gasteiger partial charge in [0.25, 0.3) is 0 Å². The second kappa shape index (κ2) is 15.6. The molecule has 5 rings (SSSR count). The number of carbonyl (C=O) groups excluding carboxylic acids is 1. The van der Waals surface area contributed by atoms with Crippen LogP contribution in [0.1, 0.15) is 44.9 Å². The lowest BCUT2D eigenvalue weighted by atomic mass is 10.1. The van der Waals surface area contributed by atoms with E-state index in [0.29, 0.717) is 86.7 Å². The number of nitrogens with one attached hydrogen (secondary N) is 2. The molecule has 14 nitrogen and oxygen atoms in total. The molecule has 0 saturated carbocycles. The molecule has 4 heterocycles. The quantitative estimate of drug-likeness (QED) is 0.191. The number of pyridine rings is 1. The van der Waals surface area contributed by atoms with Gasteiger partial charge in [0.15, 0.2) is 6.29 Å². The number of ether oxygens (including phenoxy) is 4. The summed E-state index contributed by atoms with van der Waals surface area (Å²) in [5, 5.41) is 0.364. The summed E-state index contributed by atoms with van der Waals surface area (Å²) in [6.07, 6.45) is 7.09. The second-order valence-corrected chi connectivity index (χ2v) is 12.8. The maximum Gasteiger partial charge on any atom is 0.243 e. The number of halogens is 1. The predicted octanol–water partition coefficient (Wildman–Crippen LogP) is 3.56. The van der Waals surface area contributed by atoms with Crippen LogP contribution in [0.4, 0.5) is 16.0 Å². The first-order valence-electron chi connectivity index (χ1n) is 15.3. The molecule has 2 fully saturated rings. The molecule has 2 aliphatic heterocycles. The molecule has 1 aromatic carbocycles. The van der Waals surface area contributed by atoms with Gasteiger partial charge < -0.3 is 23.8 Å². The summed E-state index contributed by atoms with van der Waals surface area (Å²) in [5.74, 6) is -0.0697. The molecule has 2 N–H and O–H groups in total. The summed E-state index contributed by atoms with van der Waals surface area (Å²) >= 11 is 0. The number of morpholine rings is 1. The number of hydrogen-bond donors (Lipinski definition) is 2. The van der Waals surface area contributed by atoms with Gasteiger partial charge in [-0.2, -0.15) is 0 Å². The van der Waals surface area contributed by atoms with Crippen molar-refractivity contribution in [3.05, 3.63) is 30.2 Å². The third-order valence-electron chi connectivity index (χ3n) is 7.37. The fourth-order valence-corrected chi connectivity index (χ4v) is 5.69. The normalized spacial score (nSPS) is 17.1. The summed E-state index contributed by atoms with van der Waals surface area (Å²) in [6, 6.07) is 4.13. The molecule has 0 bridgehead atoms. The summed E-state index contributed by atoms with van der Waals surface area (Å²) in [6.45, 7) is 2.99. The fraction of sp³-hybridized carbons (Fsp3) is 0.533. The minimum atomic E-state index is -3.66. The number of benzene rings is 1. The van der Waals surface area contributed by atoms with Gasteiger partial charge >= 0.3 is 0 Å². The van der Waals surface area contributed by atoms with Gasteiger partial charge in [-0.25, -0.2) is 38.1 Å². The minimum absolute atomic E-state index is 0.0689. The van der Waals surface area contributed by atoms with Crippen LogP contribution < -0.4 is 24.6 Å². The highest BCUT2D eigenvalue weighted by Gasteiger charge is 2.22. The van der Waals surface area contributed by atoms with E-state index < -0.39 is 22.1 Å². The maximum absolute atomic E-state index is 15.0. The standard InChI is InChI=1S/C30H39FN6O8S/c1-41-29-23(36-46(2,39)40)16-20(19-32-29)27-22-17-21(31)18-24(28(22)34-30(33-27)37-10-14-42-15-11-37)43-12-6-3-4-8-25(38)35-45-26-9-5-7-13-44-26/h16-19,26,36H,3-15H2,1-2H3,(H,35,38). The minimum Gasteiger partial charge on any atom is -0.491 e. The van der Waals surface area contributed by atoms with E-state index >= 15 is 4.39 Å². The van der Waals surface area contributed by atoms with Crippen molar-refractivity contribution in [2.24, 2.45) is 0 Å². The molecule has 1 amide bonds. The number of anilines is 2. The van der Waals surface area contributed by atoms with E-state index in [1.165, 1.54) is 31.5 Å². The SMILES string of the molecule is COc1ncc(-c2nc(N3CCOCC3)nc3c(OCCCCCC(=O)NOC4CCCCO4)cc(F)cc23)cc1NS(C)(=O)=O. The highest BCUT2D eigenvalue weighted by Crippen LogP contribution is 2.36. The topological polar surface area (TPSA) is 163 Å². The van der Waals surface area contributed by atoms with Crippen LogP contribution in [-0.2, 0) is 29.1 Å². The molecule has 2 aliphatic rings. The van der Waals surface area contributed by atoms with Crippen LogP contribution in [0, 0.1) is 5.82 Å². The molecule has 2 saturated heterocycles. The molecule has 0 radical (unpaired) electrons. The van der Waals surface area contributed by atoms with Crippen molar-refractivity contribution >= 4 is 38.5 Å². The van der Waals surface area contributed by atoms with Crippen LogP contribution in [0.15, 0.2) is 24.4 Å². The number of fused-ring (bicyclic) bond motifs is 1. The van der Waals surface area contributed by atoms with E-state index in [9.17, 15) is 13.2 Å². The third-order valence-corrected chi connectivity index (χ3v) is 7.96. The first-order chi connectivity index (χ1) is 22.2. The van der Waals surface area contributed by atoms with Crippen molar-refractivity contribution in [1.29, 1.82) is 0 Å². The Bertz CT molecular complexity index is 1620. The number of rotatable bonds is 14. The van der Waals surface area contributed by atoms with Crippen LogP contribution in [0.25, 0.3) is 22.2 Å². The molecule has 2 aromatic heterocycles. The highest BCUT2D eigenvalue weighted by molar-refractivity contribution is 7.92. The first-order valence-corrected chi connectivity index (χ1v) is 17.1. The molecule has 250 valence electrons. The third kappa shape index (κ3) is 9.11. The predicted molar refractivity (Wildman–Crippen MR) is 168 cm³/mol. The molecule has 1 unspecified atom stereocenters. The Hall–Kier alpha value is -3.86. The smallest absolute Gasteiger partial charge is 0.243 e. The Balaban J connectivity index is 1.33. The Morgan fingerprint density at radius 2 is 1.93 bits per heavy atom. The van der Waals surface area contributed by atoms with E-state index in [-0.39, 0.29) is 29.8 Å². The van der Waals surface area contributed by atoms with E-state index in [1.807, 2.05) is 4.90 Å². The maximum atomic E-state index is 15.0. The summed E-state index contributed by atoms with van der Waals surface area (Å²) in [7, 11) is -2.28. The van der Waals surface area contributed by atoms with Crippen LogP contribution in [0.5, 0.6) is 11.6 Å². The highest BCUT2D eigenvalue weighted by atomic mass is 32.2. The summed E-state index contributed by atoms with van der Waals surface area (Å²) < 4.78 is 63.7. The lowest BCUT2D eigenvalue weighted by Gasteiger charge is -2.27. The number of carbonyl (C=O) groups is 1. The number of sulfonamides is 1.